The Morgan fingerprint density at radius 3 is 2.30 bits per heavy atom. The Morgan fingerprint density at radius 1 is 1.09 bits per heavy atom. The summed E-state index contributed by atoms with van der Waals surface area (Å²) in [6.07, 6.45) is 1.11. The van der Waals surface area contributed by atoms with E-state index in [2.05, 4.69) is 71.0 Å². The molecule has 0 heterocycles. The average molecular weight is 331 g/mol. The van der Waals surface area contributed by atoms with Crippen LogP contribution in [0.1, 0.15) is 39.7 Å². The molecule has 2 aromatic rings. The van der Waals surface area contributed by atoms with E-state index in [1.165, 1.54) is 21.5 Å². The van der Waals surface area contributed by atoms with E-state index < -0.39 is 8.56 Å². The van der Waals surface area contributed by atoms with Crippen molar-refractivity contribution in [1.29, 1.82) is 0 Å². The lowest BCUT2D eigenvalue weighted by molar-refractivity contribution is 0.201. The molecule has 0 fully saturated rings. The molecule has 0 radical (unpaired) electrons. The van der Waals surface area contributed by atoms with E-state index in [-0.39, 0.29) is 5.04 Å². The van der Waals surface area contributed by atoms with Gasteiger partial charge in [0.25, 0.3) is 0 Å². The maximum Gasteiger partial charge on any atom is 0.378 e. The van der Waals surface area contributed by atoms with Gasteiger partial charge in [-0.25, -0.2) is 0 Å². The lowest BCUT2D eigenvalue weighted by Crippen LogP contribution is -2.61. The van der Waals surface area contributed by atoms with Crippen LogP contribution in [0.15, 0.2) is 36.4 Å². The van der Waals surface area contributed by atoms with Crippen molar-refractivity contribution in [1.82, 2.24) is 0 Å². The number of benzene rings is 2. The highest BCUT2D eigenvalue weighted by molar-refractivity contribution is 6.83. The molecule has 0 amide bonds. The lowest BCUT2D eigenvalue weighted by Gasteiger charge is -2.45. The largest absolute Gasteiger partial charge is 0.394 e. The van der Waals surface area contributed by atoms with Gasteiger partial charge in [-0.1, -0.05) is 70.5 Å². The van der Waals surface area contributed by atoms with Crippen LogP contribution in [0, 0.1) is 12.8 Å². The van der Waals surface area contributed by atoms with Crippen LogP contribution in [0.3, 0.4) is 0 Å². The van der Waals surface area contributed by atoms with Gasteiger partial charge in [-0.05, 0) is 34.4 Å². The molecular weight excluding hydrogens is 300 g/mol. The fraction of sp³-hybridized carbons (Fsp3) is 0.500. The Balaban J connectivity index is 2.68. The minimum absolute atomic E-state index is 0.0262. The minimum atomic E-state index is -2.57. The molecule has 3 heteroatoms. The van der Waals surface area contributed by atoms with Crippen molar-refractivity contribution in [2.75, 3.05) is 14.2 Å². The molecule has 1 unspecified atom stereocenters. The Kier molecular flexibility index (Phi) is 5.34. The van der Waals surface area contributed by atoms with Crippen LogP contribution in [0.5, 0.6) is 0 Å². The first-order valence-electron chi connectivity index (χ1n) is 8.44. The van der Waals surface area contributed by atoms with E-state index in [0.29, 0.717) is 5.92 Å². The van der Waals surface area contributed by atoms with Gasteiger partial charge in [-0.2, -0.15) is 0 Å². The van der Waals surface area contributed by atoms with Crippen LogP contribution in [0.25, 0.3) is 10.8 Å². The number of fused-ring (bicyclic) bond motifs is 1. The second-order valence-electron chi connectivity index (χ2n) is 7.07. The summed E-state index contributed by atoms with van der Waals surface area (Å²) in [5.41, 5.74) is 1.29. The first-order chi connectivity index (χ1) is 10.8. The van der Waals surface area contributed by atoms with Gasteiger partial charge in [0, 0.05) is 19.3 Å². The molecule has 0 bridgehead atoms. The van der Waals surface area contributed by atoms with Crippen molar-refractivity contribution in [2.45, 2.75) is 46.1 Å². The molecule has 2 aromatic carbocycles. The Morgan fingerprint density at radius 2 is 1.74 bits per heavy atom. The Hall–Kier alpha value is -1.16. The molecule has 0 spiro atoms. The van der Waals surface area contributed by atoms with Crippen molar-refractivity contribution in [3.05, 3.63) is 42.0 Å². The summed E-state index contributed by atoms with van der Waals surface area (Å²) in [5, 5.41) is 3.75. The number of hydrogen-bond donors (Lipinski definition) is 0. The molecule has 0 aromatic heterocycles. The van der Waals surface area contributed by atoms with Crippen LogP contribution < -0.4 is 5.19 Å². The number of hydrogen-bond acceptors (Lipinski definition) is 2. The van der Waals surface area contributed by atoms with Crippen molar-refractivity contribution < 1.29 is 8.85 Å². The van der Waals surface area contributed by atoms with Crippen LogP contribution >= 0.6 is 0 Å². The summed E-state index contributed by atoms with van der Waals surface area (Å²) in [4.78, 5) is 0. The van der Waals surface area contributed by atoms with E-state index in [1.54, 1.807) is 0 Å². The summed E-state index contributed by atoms with van der Waals surface area (Å²) in [6, 6.07) is 13.1. The number of rotatable bonds is 6. The zero-order chi connectivity index (χ0) is 17.3. The Labute approximate surface area is 142 Å². The molecule has 0 aliphatic carbocycles. The van der Waals surface area contributed by atoms with E-state index in [4.69, 9.17) is 8.85 Å². The maximum absolute atomic E-state index is 6.17. The highest BCUT2D eigenvalue weighted by atomic mass is 28.4. The monoisotopic (exact) mass is 330 g/mol. The molecule has 0 saturated carbocycles. The summed E-state index contributed by atoms with van der Waals surface area (Å²) in [5.74, 6) is 0.515. The Bertz CT molecular complexity index is 674. The third kappa shape index (κ3) is 2.86. The van der Waals surface area contributed by atoms with Crippen LogP contribution in [0.2, 0.25) is 5.04 Å². The molecule has 23 heavy (non-hydrogen) atoms. The van der Waals surface area contributed by atoms with E-state index in [1.807, 2.05) is 14.2 Å². The average Bonchev–Trinajstić information content (AvgIpc) is 2.56. The van der Waals surface area contributed by atoms with E-state index >= 15 is 0 Å². The van der Waals surface area contributed by atoms with Crippen molar-refractivity contribution >= 4 is 24.5 Å². The second-order valence-corrected chi connectivity index (χ2v) is 11.0. The smallest absolute Gasteiger partial charge is 0.378 e. The van der Waals surface area contributed by atoms with Gasteiger partial charge in [0.1, 0.15) is 0 Å². The van der Waals surface area contributed by atoms with Gasteiger partial charge in [-0.15, -0.1) is 0 Å². The highest BCUT2D eigenvalue weighted by Crippen LogP contribution is 2.46. The van der Waals surface area contributed by atoms with Crippen LogP contribution in [-0.2, 0) is 8.85 Å². The van der Waals surface area contributed by atoms with Gasteiger partial charge < -0.3 is 8.85 Å². The van der Waals surface area contributed by atoms with Crippen molar-refractivity contribution in [3.63, 3.8) is 0 Å². The molecule has 0 N–H and O–H groups in total. The topological polar surface area (TPSA) is 18.5 Å². The minimum Gasteiger partial charge on any atom is -0.394 e. The van der Waals surface area contributed by atoms with Crippen LogP contribution in [0.4, 0.5) is 0 Å². The van der Waals surface area contributed by atoms with Gasteiger partial charge >= 0.3 is 8.56 Å². The standard InChI is InChI=1S/C20H30O2Si/c1-8-16(3)20(4,5)23(21-6,22-7)18-13-12-17-11-9-10-15(2)19(17)14-18/h9-14,16H,8H2,1-7H3. The second kappa shape index (κ2) is 6.76. The molecule has 0 aliphatic rings. The lowest BCUT2D eigenvalue weighted by atomic mass is 9.94. The summed E-state index contributed by atoms with van der Waals surface area (Å²) >= 11 is 0. The third-order valence-corrected chi connectivity index (χ3v) is 10.2. The fourth-order valence-corrected chi connectivity index (χ4v) is 7.61. The zero-order valence-corrected chi connectivity index (χ0v) is 16.6. The quantitative estimate of drug-likeness (QED) is 0.700. The normalized spacial score (nSPS) is 14.2. The van der Waals surface area contributed by atoms with E-state index in [0.717, 1.165) is 6.42 Å². The maximum atomic E-state index is 6.17. The van der Waals surface area contributed by atoms with Crippen molar-refractivity contribution in [3.8, 4) is 0 Å². The first kappa shape index (κ1) is 18.2. The molecule has 126 valence electrons. The fourth-order valence-electron chi connectivity index (χ4n) is 3.69. The van der Waals surface area contributed by atoms with Gasteiger partial charge in [-0.3, -0.25) is 0 Å². The molecule has 2 rings (SSSR count). The van der Waals surface area contributed by atoms with Gasteiger partial charge in [0.2, 0.25) is 0 Å². The SMILES string of the molecule is CCC(C)C(C)(C)[Si](OC)(OC)c1ccc2cccc(C)c2c1. The summed E-state index contributed by atoms with van der Waals surface area (Å²) in [6.45, 7) is 11.3. The van der Waals surface area contributed by atoms with Gasteiger partial charge in [0.15, 0.2) is 0 Å². The molecule has 2 nitrogen and oxygen atoms in total. The molecule has 0 aliphatic heterocycles. The van der Waals surface area contributed by atoms with Crippen molar-refractivity contribution in [2.24, 2.45) is 5.92 Å². The predicted octanol–water partition coefficient (Wildman–Crippen LogP) is 4.92. The highest BCUT2D eigenvalue weighted by Gasteiger charge is 2.54. The zero-order valence-electron chi connectivity index (χ0n) is 15.6. The van der Waals surface area contributed by atoms with Crippen LogP contribution in [-0.4, -0.2) is 22.8 Å². The molecule has 1 atom stereocenters. The molecule has 0 saturated heterocycles. The van der Waals surface area contributed by atoms with E-state index in [9.17, 15) is 0 Å². The third-order valence-electron chi connectivity index (χ3n) is 5.75. The number of aryl methyl sites for hydroxylation is 1. The summed E-state index contributed by atoms with van der Waals surface area (Å²) < 4.78 is 12.3. The predicted molar refractivity (Wildman–Crippen MR) is 102 cm³/mol. The summed E-state index contributed by atoms with van der Waals surface area (Å²) in [7, 11) is 1.04. The van der Waals surface area contributed by atoms with Gasteiger partial charge in [0.05, 0.1) is 0 Å². The molecular formula is C20H30O2Si. The first-order valence-corrected chi connectivity index (χ1v) is 10.3.